The zero-order valence-corrected chi connectivity index (χ0v) is 11.7. The minimum absolute atomic E-state index is 0.00403. The Morgan fingerprint density at radius 1 is 1.26 bits per heavy atom. The molecule has 1 heterocycles. The molecule has 2 rings (SSSR count). The Labute approximate surface area is 119 Å². The molecule has 0 saturated carbocycles. The number of halogens is 1. The van der Waals surface area contributed by atoms with E-state index >= 15 is 0 Å². The smallest absolute Gasteiger partial charge is 0.254 e. The molecular weight excluding hydrogens is 308 g/mol. The Hall–Kier alpha value is -1.72. The summed E-state index contributed by atoms with van der Waals surface area (Å²) in [5, 5.41) is 11.9. The topological polar surface area (TPSA) is 62.2 Å². The second kappa shape index (κ2) is 6.45. The van der Waals surface area contributed by atoms with Gasteiger partial charge in [0.25, 0.3) is 5.91 Å². The van der Waals surface area contributed by atoms with E-state index in [9.17, 15) is 4.79 Å². The van der Waals surface area contributed by atoms with Crippen LogP contribution in [0.2, 0.25) is 0 Å². The van der Waals surface area contributed by atoms with E-state index in [2.05, 4.69) is 26.2 Å². The summed E-state index contributed by atoms with van der Waals surface area (Å²) in [4.78, 5) is 16.0. The van der Waals surface area contributed by atoms with Gasteiger partial charge in [0.1, 0.15) is 4.60 Å². The molecule has 0 aliphatic carbocycles. The monoisotopic (exact) mass is 320 g/mol. The SMILES string of the molecule is O=C(NCc1cccc(CO)c1)c1cccnc1Br. The van der Waals surface area contributed by atoms with E-state index in [-0.39, 0.29) is 12.5 Å². The summed E-state index contributed by atoms with van der Waals surface area (Å²) in [7, 11) is 0. The van der Waals surface area contributed by atoms with Gasteiger partial charge in [0.05, 0.1) is 12.2 Å². The molecule has 0 aliphatic heterocycles. The number of hydrogen-bond donors (Lipinski definition) is 2. The van der Waals surface area contributed by atoms with Crippen LogP contribution in [-0.4, -0.2) is 16.0 Å². The average Bonchev–Trinajstić information content (AvgIpc) is 2.45. The lowest BCUT2D eigenvalue weighted by atomic mass is 10.1. The average molecular weight is 321 g/mol. The molecule has 0 spiro atoms. The quantitative estimate of drug-likeness (QED) is 0.849. The van der Waals surface area contributed by atoms with Crippen LogP contribution < -0.4 is 5.32 Å². The summed E-state index contributed by atoms with van der Waals surface area (Å²) in [5.41, 5.74) is 2.27. The van der Waals surface area contributed by atoms with Gasteiger partial charge in [0.15, 0.2) is 0 Å². The Kier molecular flexibility index (Phi) is 4.65. The van der Waals surface area contributed by atoms with Crippen molar-refractivity contribution in [2.45, 2.75) is 13.2 Å². The lowest BCUT2D eigenvalue weighted by Crippen LogP contribution is -2.23. The fourth-order valence-electron chi connectivity index (χ4n) is 1.67. The highest BCUT2D eigenvalue weighted by atomic mass is 79.9. The van der Waals surface area contributed by atoms with Crippen molar-refractivity contribution >= 4 is 21.8 Å². The van der Waals surface area contributed by atoms with Crippen molar-refractivity contribution in [1.29, 1.82) is 0 Å². The third-order valence-electron chi connectivity index (χ3n) is 2.63. The van der Waals surface area contributed by atoms with Crippen LogP contribution in [-0.2, 0) is 13.2 Å². The highest BCUT2D eigenvalue weighted by Crippen LogP contribution is 2.12. The van der Waals surface area contributed by atoms with Crippen LogP contribution in [0.3, 0.4) is 0 Å². The molecule has 2 N–H and O–H groups in total. The van der Waals surface area contributed by atoms with Crippen molar-refractivity contribution in [2.75, 3.05) is 0 Å². The van der Waals surface area contributed by atoms with Gasteiger partial charge in [-0.15, -0.1) is 0 Å². The summed E-state index contributed by atoms with van der Waals surface area (Å²) in [6.07, 6.45) is 1.62. The number of pyridine rings is 1. The van der Waals surface area contributed by atoms with Crippen LogP contribution in [0.1, 0.15) is 21.5 Å². The van der Waals surface area contributed by atoms with Gasteiger partial charge in [-0.1, -0.05) is 24.3 Å². The van der Waals surface area contributed by atoms with Gasteiger partial charge < -0.3 is 10.4 Å². The molecule has 1 amide bonds. The van der Waals surface area contributed by atoms with Gasteiger partial charge in [-0.05, 0) is 39.2 Å². The third-order valence-corrected chi connectivity index (χ3v) is 3.26. The molecule has 0 radical (unpaired) electrons. The third kappa shape index (κ3) is 3.62. The molecule has 0 fully saturated rings. The Balaban J connectivity index is 2.02. The molecule has 5 heteroatoms. The number of rotatable bonds is 4. The summed E-state index contributed by atoms with van der Waals surface area (Å²) in [5.74, 6) is -0.186. The fourth-order valence-corrected chi connectivity index (χ4v) is 2.10. The maximum Gasteiger partial charge on any atom is 0.254 e. The number of amides is 1. The standard InChI is InChI=1S/C14H13BrN2O2/c15-13-12(5-2-6-16-13)14(19)17-8-10-3-1-4-11(7-10)9-18/h1-7,18H,8-9H2,(H,17,19). The summed E-state index contributed by atoms with van der Waals surface area (Å²) >= 11 is 3.24. The van der Waals surface area contributed by atoms with E-state index in [4.69, 9.17) is 5.11 Å². The van der Waals surface area contributed by atoms with Gasteiger partial charge in [-0.2, -0.15) is 0 Å². The predicted molar refractivity (Wildman–Crippen MR) is 75.5 cm³/mol. The normalized spacial score (nSPS) is 10.2. The number of benzene rings is 1. The first-order valence-electron chi connectivity index (χ1n) is 5.78. The Morgan fingerprint density at radius 3 is 2.79 bits per heavy atom. The minimum Gasteiger partial charge on any atom is -0.392 e. The van der Waals surface area contributed by atoms with E-state index in [0.29, 0.717) is 16.7 Å². The van der Waals surface area contributed by atoms with Crippen molar-refractivity contribution < 1.29 is 9.90 Å². The second-order valence-electron chi connectivity index (χ2n) is 4.00. The maximum atomic E-state index is 12.0. The number of carbonyl (C=O) groups excluding carboxylic acids is 1. The van der Waals surface area contributed by atoms with Gasteiger partial charge in [-0.25, -0.2) is 4.98 Å². The molecule has 2 aromatic rings. The molecule has 0 aliphatic rings. The predicted octanol–water partition coefficient (Wildman–Crippen LogP) is 2.27. The summed E-state index contributed by atoms with van der Waals surface area (Å²) < 4.78 is 0.525. The van der Waals surface area contributed by atoms with Crippen LogP contribution >= 0.6 is 15.9 Å². The lowest BCUT2D eigenvalue weighted by Gasteiger charge is -2.07. The van der Waals surface area contributed by atoms with Crippen LogP contribution in [0.5, 0.6) is 0 Å². The first-order chi connectivity index (χ1) is 9.20. The van der Waals surface area contributed by atoms with Crippen molar-refractivity contribution in [3.63, 3.8) is 0 Å². The number of hydrogen-bond acceptors (Lipinski definition) is 3. The van der Waals surface area contributed by atoms with Crippen molar-refractivity contribution in [3.8, 4) is 0 Å². The van der Waals surface area contributed by atoms with Crippen molar-refractivity contribution in [3.05, 3.63) is 63.9 Å². The van der Waals surface area contributed by atoms with E-state index in [1.807, 2.05) is 24.3 Å². The largest absolute Gasteiger partial charge is 0.392 e. The number of nitrogens with one attached hydrogen (secondary N) is 1. The van der Waals surface area contributed by atoms with Gasteiger partial charge in [0, 0.05) is 12.7 Å². The molecule has 0 atom stereocenters. The molecule has 4 nitrogen and oxygen atoms in total. The van der Waals surface area contributed by atoms with Gasteiger partial charge in [0.2, 0.25) is 0 Å². The van der Waals surface area contributed by atoms with E-state index in [0.717, 1.165) is 11.1 Å². The molecule has 0 unspecified atom stereocenters. The summed E-state index contributed by atoms with van der Waals surface area (Å²) in [6.45, 7) is 0.407. The van der Waals surface area contributed by atoms with E-state index in [1.165, 1.54) is 0 Å². The van der Waals surface area contributed by atoms with E-state index in [1.54, 1.807) is 18.3 Å². The minimum atomic E-state index is -0.186. The summed E-state index contributed by atoms with van der Waals surface area (Å²) in [6, 6.07) is 10.9. The van der Waals surface area contributed by atoms with Crippen LogP contribution in [0, 0.1) is 0 Å². The van der Waals surface area contributed by atoms with Gasteiger partial charge in [-0.3, -0.25) is 4.79 Å². The zero-order valence-electron chi connectivity index (χ0n) is 10.1. The maximum absolute atomic E-state index is 12.0. The molecule has 0 bridgehead atoms. The molecule has 98 valence electrons. The Bertz CT molecular complexity index is 587. The fraction of sp³-hybridized carbons (Fsp3) is 0.143. The molecule has 1 aromatic carbocycles. The van der Waals surface area contributed by atoms with Crippen molar-refractivity contribution in [1.82, 2.24) is 10.3 Å². The lowest BCUT2D eigenvalue weighted by molar-refractivity contribution is 0.0949. The van der Waals surface area contributed by atoms with Crippen LogP contribution in [0.25, 0.3) is 0 Å². The molecule has 0 saturated heterocycles. The number of nitrogens with zero attached hydrogens (tertiary/aromatic N) is 1. The van der Waals surface area contributed by atoms with Crippen LogP contribution in [0.4, 0.5) is 0 Å². The zero-order chi connectivity index (χ0) is 13.7. The highest BCUT2D eigenvalue weighted by molar-refractivity contribution is 9.10. The molecule has 19 heavy (non-hydrogen) atoms. The number of aliphatic hydroxyl groups is 1. The first kappa shape index (κ1) is 13.7. The molecular formula is C14H13BrN2O2. The molecule has 1 aromatic heterocycles. The van der Waals surface area contributed by atoms with E-state index < -0.39 is 0 Å². The number of aliphatic hydroxyl groups excluding tert-OH is 1. The van der Waals surface area contributed by atoms with Gasteiger partial charge >= 0.3 is 0 Å². The second-order valence-corrected chi connectivity index (χ2v) is 4.75. The van der Waals surface area contributed by atoms with Crippen LogP contribution in [0.15, 0.2) is 47.2 Å². The highest BCUT2D eigenvalue weighted by Gasteiger charge is 2.09. The number of carbonyl (C=O) groups is 1. The Morgan fingerprint density at radius 2 is 2.05 bits per heavy atom. The number of aromatic nitrogens is 1. The first-order valence-corrected chi connectivity index (χ1v) is 6.57. The van der Waals surface area contributed by atoms with Crippen molar-refractivity contribution in [2.24, 2.45) is 0 Å².